The van der Waals surface area contributed by atoms with E-state index in [0.29, 0.717) is 0 Å². The second-order valence-corrected chi connectivity index (χ2v) is 10.3. The van der Waals surface area contributed by atoms with Crippen LogP contribution in [0.15, 0.2) is 30.3 Å². The molecule has 118 valence electrons. The van der Waals surface area contributed by atoms with Gasteiger partial charge in [-0.25, -0.2) is 0 Å². The summed E-state index contributed by atoms with van der Waals surface area (Å²) in [5, 5.41) is 1.97. The van der Waals surface area contributed by atoms with E-state index in [9.17, 15) is 18.0 Å². The van der Waals surface area contributed by atoms with Gasteiger partial charge in [-0.2, -0.15) is 13.2 Å². The molecule has 0 spiro atoms. The van der Waals surface area contributed by atoms with E-state index in [4.69, 9.17) is 4.43 Å². The molecule has 3 nitrogen and oxygen atoms in total. The maximum absolute atomic E-state index is 12.4. The normalized spacial score (nSPS) is 15.4. The van der Waals surface area contributed by atoms with Crippen LogP contribution in [-0.4, -0.2) is 26.4 Å². The fraction of sp³-hybridized carbons (Fsp3) is 0.500. The molecule has 0 radical (unpaired) electrons. The third-order valence-electron chi connectivity index (χ3n) is 2.68. The summed E-state index contributed by atoms with van der Waals surface area (Å²) in [5.41, 5.74) is 0.745. The van der Waals surface area contributed by atoms with Crippen LogP contribution in [-0.2, 0) is 9.22 Å². The molecule has 0 saturated heterocycles. The molecule has 0 aromatic heterocycles. The van der Waals surface area contributed by atoms with Gasteiger partial charge < -0.3 is 9.74 Å². The number of hydrogen-bond donors (Lipinski definition) is 1. The molecule has 1 aromatic carbocycles. The van der Waals surface area contributed by atoms with Gasteiger partial charge in [-0.05, 0) is 32.1 Å². The summed E-state index contributed by atoms with van der Waals surface area (Å²) in [6, 6.07) is 8.16. The highest BCUT2D eigenvalue weighted by Gasteiger charge is 2.40. The number of carbonyl (C=O) groups is 1. The van der Waals surface area contributed by atoms with Gasteiger partial charge in [0.25, 0.3) is 0 Å². The lowest BCUT2D eigenvalue weighted by Gasteiger charge is -2.31. The van der Waals surface area contributed by atoms with E-state index < -0.39 is 32.5 Å². The predicted octanol–water partition coefficient (Wildman–Crippen LogP) is 3.65. The van der Waals surface area contributed by atoms with Gasteiger partial charge in [-0.1, -0.05) is 30.3 Å². The molecule has 21 heavy (non-hydrogen) atoms. The number of benzene rings is 1. The molecule has 0 aliphatic rings. The van der Waals surface area contributed by atoms with Gasteiger partial charge in [0.05, 0.1) is 12.1 Å². The number of halogens is 3. The van der Waals surface area contributed by atoms with Crippen LogP contribution in [0.3, 0.4) is 0 Å². The Morgan fingerprint density at radius 2 is 1.71 bits per heavy atom. The molecule has 1 N–H and O–H groups in total. The summed E-state index contributed by atoms with van der Waals surface area (Å²) >= 11 is 0. The first-order valence-electron chi connectivity index (χ1n) is 6.61. The predicted molar refractivity (Wildman–Crippen MR) is 77.3 cm³/mol. The zero-order valence-corrected chi connectivity index (χ0v) is 13.5. The lowest BCUT2D eigenvalue weighted by molar-refractivity contribution is -0.174. The Morgan fingerprint density at radius 3 is 2.14 bits per heavy atom. The molecular formula is C14H20F3NO2Si. The molecule has 0 heterocycles. The molecule has 0 bridgehead atoms. The highest BCUT2D eigenvalue weighted by atomic mass is 28.4. The maximum atomic E-state index is 12.4. The first-order valence-corrected chi connectivity index (χ1v) is 10.0. The second kappa shape index (κ2) is 6.61. The monoisotopic (exact) mass is 319 g/mol. The lowest BCUT2D eigenvalue weighted by atomic mass is 10.0. The van der Waals surface area contributed by atoms with Crippen molar-refractivity contribution in [2.45, 2.75) is 44.9 Å². The SMILES string of the molecule is CC(NC(=O)C(F)(F)F)C(O[Si](C)(C)C)c1ccccc1. The molecule has 0 saturated carbocycles. The summed E-state index contributed by atoms with van der Waals surface area (Å²) in [7, 11) is -2.00. The zero-order chi connectivity index (χ0) is 16.3. The maximum Gasteiger partial charge on any atom is 0.471 e. The van der Waals surface area contributed by atoms with E-state index in [1.165, 1.54) is 6.92 Å². The summed E-state index contributed by atoms with van der Waals surface area (Å²) in [6.45, 7) is 7.35. The van der Waals surface area contributed by atoms with E-state index >= 15 is 0 Å². The molecule has 0 fully saturated rings. The molecule has 1 rings (SSSR count). The van der Waals surface area contributed by atoms with Crippen molar-refractivity contribution >= 4 is 14.2 Å². The van der Waals surface area contributed by atoms with Crippen molar-refractivity contribution in [2.75, 3.05) is 0 Å². The van der Waals surface area contributed by atoms with Crippen LogP contribution in [0.2, 0.25) is 19.6 Å². The number of hydrogen-bond acceptors (Lipinski definition) is 2. The van der Waals surface area contributed by atoms with E-state index in [2.05, 4.69) is 0 Å². The van der Waals surface area contributed by atoms with Gasteiger partial charge in [0.2, 0.25) is 0 Å². The van der Waals surface area contributed by atoms with Crippen molar-refractivity contribution in [1.82, 2.24) is 5.32 Å². The molecule has 2 atom stereocenters. The number of amides is 1. The molecule has 0 aliphatic carbocycles. The van der Waals surface area contributed by atoms with Crippen LogP contribution in [0.1, 0.15) is 18.6 Å². The van der Waals surface area contributed by atoms with Crippen molar-refractivity contribution in [3.05, 3.63) is 35.9 Å². The number of rotatable bonds is 5. The first-order chi connectivity index (χ1) is 9.50. The minimum absolute atomic E-state index is 0.607. The molecular weight excluding hydrogens is 299 g/mol. The van der Waals surface area contributed by atoms with Crippen LogP contribution in [0, 0.1) is 0 Å². The van der Waals surface area contributed by atoms with E-state index in [1.54, 1.807) is 24.3 Å². The quantitative estimate of drug-likeness (QED) is 0.841. The average molecular weight is 319 g/mol. The van der Waals surface area contributed by atoms with Crippen molar-refractivity contribution < 1.29 is 22.4 Å². The van der Waals surface area contributed by atoms with Gasteiger partial charge in [0.1, 0.15) is 0 Å². The topological polar surface area (TPSA) is 38.3 Å². The highest BCUT2D eigenvalue weighted by molar-refractivity contribution is 6.69. The fourth-order valence-electron chi connectivity index (χ4n) is 1.85. The number of carbonyl (C=O) groups excluding carboxylic acids is 1. The molecule has 1 aromatic rings. The van der Waals surface area contributed by atoms with Gasteiger partial charge >= 0.3 is 12.1 Å². The number of nitrogens with one attached hydrogen (secondary N) is 1. The molecule has 0 aliphatic heterocycles. The third kappa shape index (κ3) is 5.89. The van der Waals surface area contributed by atoms with Gasteiger partial charge in [0, 0.05) is 0 Å². The van der Waals surface area contributed by atoms with Crippen LogP contribution in [0.25, 0.3) is 0 Å². The van der Waals surface area contributed by atoms with Crippen molar-refractivity contribution in [1.29, 1.82) is 0 Å². The Bertz CT molecular complexity index is 471. The Balaban J connectivity index is 2.94. The first kappa shape index (κ1) is 17.7. The van der Waals surface area contributed by atoms with Crippen LogP contribution in [0.4, 0.5) is 13.2 Å². The second-order valence-electron chi connectivity index (χ2n) is 5.82. The Hall–Kier alpha value is -1.34. The zero-order valence-electron chi connectivity index (χ0n) is 12.5. The smallest absolute Gasteiger partial charge is 0.409 e. The third-order valence-corrected chi connectivity index (χ3v) is 3.64. The molecule has 7 heteroatoms. The summed E-state index contributed by atoms with van der Waals surface area (Å²) in [5.74, 6) is -1.95. The van der Waals surface area contributed by atoms with Crippen LogP contribution in [0.5, 0.6) is 0 Å². The number of alkyl halides is 3. The van der Waals surface area contributed by atoms with Crippen LogP contribution >= 0.6 is 0 Å². The highest BCUT2D eigenvalue weighted by Crippen LogP contribution is 2.26. The lowest BCUT2D eigenvalue weighted by Crippen LogP contribution is -2.46. The van der Waals surface area contributed by atoms with Crippen LogP contribution < -0.4 is 5.32 Å². The van der Waals surface area contributed by atoms with E-state index in [1.807, 2.05) is 31.0 Å². The van der Waals surface area contributed by atoms with Crippen molar-refractivity contribution in [2.24, 2.45) is 0 Å². The minimum atomic E-state index is -4.89. The molecule has 1 amide bonds. The summed E-state index contributed by atoms with van der Waals surface area (Å²) in [4.78, 5) is 11.1. The summed E-state index contributed by atoms with van der Waals surface area (Å²) < 4.78 is 43.1. The standard InChI is InChI=1S/C14H20F3NO2Si/c1-10(18-13(19)14(15,16)17)12(20-21(2,3)4)11-8-6-5-7-9-11/h5-10,12H,1-4H3,(H,18,19). The van der Waals surface area contributed by atoms with Crippen molar-refractivity contribution in [3.8, 4) is 0 Å². The Labute approximate surface area is 123 Å². The largest absolute Gasteiger partial charge is 0.471 e. The van der Waals surface area contributed by atoms with E-state index in [0.717, 1.165) is 5.56 Å². The fourth-order valence-corrected chi connectivity index (χ4v) is 2.95. The van der Waals surface area contributed by atoms with Crippen molar-refractivity contribution in [3.63, 3.8) is 0 Å². The van der Waals surface area contributed by atoms with E-state index in [-0.39, 0.29) is 0 Å². The van der Waals surface area contributed by atoms with Gasteiger partial charge in [-0.15, -0.1) is 0 Å². The summed E-state index contributed by atoms with van der Waals surface area (Å²) in [6.07, 6.45) is -5.50. The van der Waals surface area contributed by atoms with Gasteiger partial charge in [-0.3, -0.25) is 4.79 Å². The van der Waals surface area contributed by atoms with Gasteiger partial charge in [0.15, 0.2) is 8.32 Å². The Kier molecular flexibility index (Phi) is 5.58. The average Bonchev–Trinajstić information content (AvgIpc) is 2.34. The molecule has 2 unspecified atom stereocenters. The Morgan fingerprint density at radius 1 is 1.19 bits per heavy atom. The minimum Gasteiger partial charge on any atom is -0.409 e.